The van der Waals surface area contributed by atoms with Gasteiger partial charge in [-0.25, -0.2) is 4.79 Å². The lowest BCUT2D eigenvalue weighted by atomic mass is 10.1. The number of ether oxygens (including phenoxy) is 1. The van der Waals surface area contributed by atoms with E-state index < -0.39 is 12.0 Å². The number of hydrogen-bond donors (Lipinski definition) is 1. The van der Waals surface area contributed by atoms with Crippen LogP contribution in [-0.4, -0.2) is 25.0 Å². The van der Waals surface area contributed by atoms with Crippen molar-refractivity contribution >= 4 is 23.5 Å². The van der Waals surface area contributed by atoms with E-state index in [0.717, 1.165) is 32.1 Å². The van der Waals surface area contributed by atoms with Crippen LogP contribution >= 0.6 is 11.6 Å². The zero-order chi connectivity index (χ0) is 17.1. The van der Waals surface area contributed by atoms with Crippen LogP contribution in [0.25, 0.3) is 0 Å². The SMILES string of the molecule is C=CCCCCCC[C@H](NC(=O)c1ccccc1Cl)C(=O)OC. The van der Waals surface area contributed by atoms with Gasteiger partial charge in [-0.2, -0.15) is 0 Å². The minimum Gasteiger partial charge on any atom is -0.467 e. The summed E-state index contributed by atoms with van der Waals surface area (Å²) in [5, 5.41) is 3.07. The summed E-state index contributed by atoms with van der Waals surface area (Å²) in [5.74, 6) is -0.797. The average Bonchev–Trinajstić information content (AvgIpc) is 2.56. The minimum absolute atomic E-state index is 0.356. The molecule has 0 saturated carbocycles. The summed E-state index contributed by atoms with van der Waals surface area (Å²) in [7, 11) is 1.32. The monoisotopic (exact) mass is 337 g/mol. The highest BCUT2D eigenvalue weighted by molar-refractivity contribution is 6.33. The summed E-state index contributed by atoms with van der Waals surface area (Å²) >= 11 is 6.01. The first-order valence-electron chi connectivity index (χ1n) is 7.84. The number of amides is 1. The number of hydrogen-bond acceptors (Lipinski definition) is 3. The summed E-state index contributed by atoms with van der Waals surface area (Å²) in [6.45, 7) is 3.69. The van der Waals surface area contributed by atoms with E-state index in [2.05, 4.69) is 11.9 Å². The van der Waals surface area contributed by atoms with Crippen LogP contribution in [0.2, 0.25) is 5.02 Å². The lowest BCUT2D eigenvalue weighted by molar-refractivity contribution is -0.143. The first-order valence-corrected chi connectivity index (χ1v) is 8.22. The molecule has 23 heavy (non-hydrogen) atoms. The van der Waals surface area contributed by atoms with E-state index in [9.17, 15) is 9.59 Å². The van der Waals surface area contributed by atoms with Crippen LogP contribution in [0, 0.1) is 0 Å². The predicted molar refractivity (Wildman–Crippen MR) is 92.6 cm³/mol. The summed E-state index contributed by atoms with van der Waals surface area (Å²) < 4.78 is 4.78. The van der Waals surface area contributed by atoms with E-state index in [4.69, 9.17) is 16.3 Å². The minimum atomic E-state index is -0.650. The second-order valence-corrected chi connectivity index (χ2v) is 5.72. The molecule has 0 bridgehead atoms. The van der Waals surface area contributed by atoms with Crippen LogP contribution in [0.5, 0.6) is 0 Å². The lowest BCUT2D eigenvalue weighted by Crippen LogP contribution is -2.41. The normalized spacial score (nSPS) is 11.6. The first kappa shape index (κ1) is 19.2. The quantitative estimate of drug-likeness (QED) is 0.396. The number of rotatable bonds is 10. The maximum atomic E-state index is 12.3. The van der Waals surface area contributed by atoms with E-state index in [-0.39, 0.29) is 5.91 Å². The number of nitrogens with one attached hydrogen (secondary N) is 1. The van der Waals surface area contributed by atoms with Gasteiger partial charge in [-0.15, -0.1) is 6.58 Å². The van der Waals surface area contributed by atoms with E-state index >= 15 is 0 Å². The van der Waals surface area contributed by atoms with E-state index in [1.165, 1.54) is 7.11 Å². The molecule has 1 aromatic carbocycles. The van der Waals surface area contributed by atoms with Gasteiger partial charge in [-0.05, 0) is 31.4 Å². The Hall–Kier alpha value is -1.81. The number of allylic oxidation sites excluding steroid dienone is 1. The van der Waals surface area contributed by atoms with Crippen molar-refractivity contribution in [3.63, 3.8) is 0 Å². The fourth-order valence-electron chi connectivity index (χ4n) is 2.26. The summed E-state index contributed by atoms with van der Waals surface area (Å²) in [6.07, 6.45) is 7.49. The molecular weight excluding hydrogens is 314 g/mol. The molecule has 1 amide bonds. The van der Waals surface area contributed by atoms with E-state index in [1.807, 2.05) is 6.08 Å². The van der Waals surface area contributed by atoms with Gasteiger partial charge >= 0.3 is 5.97 Å². The molecule has 0 aliphatic rings. The maximum Gasteiger partial charge on any atom is 0.328 e. The number of methoxy groups -OCH3 is 1. The molecular formula is C18H24ClNO3. The molecule has 0 fully saturated rings. The zero-order valence-corrected chi connectivity index (χ0v) is 14.3. The topological polar surface area (TPSA) is 55.4 Å². The van der Waals surface area contributed by atoms with Crippen LogP contribution in [0.4, 0.5) is 0 Å². The number of esters is 1. The van der Waals surface area contributed by atoms with Gasteiger partial charge in [0.05, 0.1) is 17.7 Å². The number of halogens is 1. The molecule has 0 aliphatic carbocycles. The van der Waals surface area contributed by atoms with Crippen molar-refractivity contribution in [2.75, 3.05) is 7.11 Å². The fraction of sp³-hybridized carbons (Fsp3) is 0.444. The Morgan fingerprint density at radius 1 is 1.26 bits per heavy atom. The molecule has 0 unspecified atom stereocenters. The Morgan fingerprint density at radius 3 is 2.61 bits per heavy atom. The van der Waals surface area contributed by atoms with E-state index in [0.29, 0.717) is 17.0 Å². The Morgan fingerprint density at radius 2 is 1.96 bits per heavy atom. The summed E-state index contributed by atoms with van der Waals surface area (Å²) in [5.41, 5.74) is 0.356. The van der Waals surface area contributed by atoms with Crippen LogP contribution in [0.3, 0.4) is 0 Å². The fourth-order valence-corrected chi connectivity index (χ4v) is 2.48. The van der Waals surface area contributed by atoms with Crippen molar-refractivity contribution in [2.24, 2.45) is 0 Å². The highest BCUT2D eigenvalue weighted by atomic mass is 35.5. The Bertz CT molecular complexity index is 531. The third-order valence-corrected chi connectivity index (χ3v) is 3.89. The van der Waals surface area contributed by atoms with Gasteiger partial charge in [0.15, 0.2) is 0 Å². The van der Waals surface area contributed by atoms with Gasteiger partial charge in [0, 0.05) is 0 Å². The Balaban J connectivity index is 2.54. The third kappa shape index (κ3) is 6.87. The van der Waals surface area contributed by atoms with Crippen molar-refractivity contribution in [3.05, 3.63) is 47.5 Å². The second kappa shape index (κ2) is 10.8. The van der Waals surface area contributed by atoms with Gasteiger partial charge in [0.25, 0.3) is 5.91 Å². The standard InChI is InChI=1S/C18H24ClNO3/c1-3-4-5-6-7-8-13-16(18(22)23-2)20-17(21)14-11-9-10-12-15(14)19/h3,9-12,16H,1,4-8,13H2,2H3,(H,20,21)/t16-/m0/s1. The van der Waals surface area contributed by atoms with Crippen LogP contribution in [0.1, 0.15) is 48.9 Å². The number of carbonyl (C=O) groups excluding carboxylic acids is 2. The molecule has 5 heteroatoms. The largest absolute Gasteiger partial charge is 0.467 e. The molecule has 0 radical (unpaired) electrons. The predicted octanol–water partition coefficient (Wildman–Crippen LogP) is 4.14. The van der Waals surface area contributed by atoms with Crippen molar-refractivity contribution in [1.29, 1.82) is 0 Å². The van der Waals surface area contributed by atoms with Gasteiger partial charge in [0.1, 0.15) is 6.04 Å². The Labute approximate surface area is 142 Å². The van der Waals surface area contributed by atoms with Gasteiger partial charge in [-0.3, -0.25) is 4.79 Å². The summed E-state index contributed by atoms with van der Waals surface area (Å²) in [6, 6.07) is 6.10. The maximum absolute atomic E-state index is 12.3. The molecule has 0 heterocycles. The molecule has 1 aromatic rings. The highest BCUT2D eigenvalue weighted by Gasteiger charge is 2.22. The van der Waals surface area contributed by atoms with Gasteiger partial charge < -0.3 is 10.1 Å². The van der Waals surface area contributed by atoms with Gasteiger partial charge in [0.2, 0.25) is 0 Å². The molecule has 1 atom stereocenters. The zero-order valence-electron chi connectivity index (χ0n) is 13.5. The molecule has 0 saturated heterocycles. The van der Waals surface area contributed by atoms with Gasteiger partial charge in [-0.1, -0.05) is 49.1 Å². The van der Waals surface area contributed by atoms with Crippen LogP contribution < -0.4 is 5.32 Å². The smallest absolute Gasteiger partial charge is 0.328 e. The van der Waals surface area contributed by atoms with Crippen LogP contribution in [0.15, 0.2) is 36.9 Å². The second-order valence-electron chi connectivity index (χ2n) is 5.31. The lowest BCUT2D eigenvalue weighted by Gasteiger charge is -2.17. The molecule has 1 rings (SSSR count). The van der Waals surface area contributed by atoms with Crippen LogP contribution in [-0.2, 0) is 9.53 Å². The molecule has 0 aromatic heterocycles. The molecule has 126 valence electrons. The number of benzene rings is 1. The van der Waals surface area contributed by atoms with E-state index in [1.54, 1.807) is 24.3 Å². The molecule has 1 N–H and O–H groups in total. The number of carbonyl (C=O) groups is 2. The molecule has 4 nitrogen and oxygen atoms in total. The average molecular weight is 338 g/mol. The third-order valence-electron chi connectivity index (χ3n) is 3.56. The van der Waals surface area contributed by atoms with Crippen molar-refractivity contribution in [3.8, 4) is 0 Å². The van der Waals surface area contributed by atoms with Crippen molar-refractivity contribution in [1.82, 2.24) is 5.32 Å². The molecule has 0 aliphatic heterocycles. The number of unbranched alkanes of at least 4 members (excludes halogenated alkanes) is 4. The van der Waals surface area contributed by atoms with Crippen molar-refractivity contribution in [2.45, 2.75) is 44.6 Å². The van der Waals surface area contributed by atoms with Crippen molar-refractivity contribution < 1.29 is 14.3 Å². The Kier molecular flexibility index (Phi) is 9.07. The first-order chi connectivity index (χ1) is 11.1. The molecule has 0 spiro atoms. The summed E-state index contributed by atoms with van der Waals surface area (Å²) in [4.78, 5) is 24.1. The highest BCUT2D eigenvalue weighted by Crippen LogP contribution is 2.16.